The molecule has 0 aliphatic carbocycles. The molecule has 1 amide bonds. The van der Waals surface area contributed by atoms with Gasteiger partial charge in [0.2, 0.25) is 0 Å². The number of methoxy groups -OCH3 is 2. The Bertz CT molecular complexity index is 867. The van der Waals surface area contributed by atoms with Crippen LogP contribution in [0.2, 0.25) is 5.02 Å². The third-order valence-electron chi connectivity index (χ3n) is 3.69. The Kier molecular flexibility index (Phi) is 6.79. The third-order valence-corrected chi connectivity index (χ3v) is 4.02. The molecule has 0 radical (unpaired) electrons. The summed E-state index contributed by atoms with van der Waals surface area (Å²) in [6.07, 6.45) is -0.656. The quantitative estimate of drug-likeness (QED) is 0.575. The number of nitrogens with one attached hydrogen (secondary N) is 1. The molecule has 0 saturated heterocycles. The van der Waals surface area contributed by atoms with E-state index in [2.05, 4.69) is 5.32 Å². The Hall–Kier alpha value is -3.06. The fourth-order valence-electron chi connectivity index (χ4n) is 2.32. The Morgan fingerprint density at radius 2 is 1.81 bits per heavy atom. The van der Waals surface area contributed by atoms with E-state index in [1.807, 2.05) is 0 Å². The van der Waals surface area contributed by atoms with Crippen LogP contribution in [0.25, 0.3) is 0 Å². The lowest BCUT2D eigenvalue weighted by Gasteiger charge is -2.17. The first-order chi connectivity index (χ1) is 12.9. The molecule has 0 fully saturated rings. The minimum atomic E-state index is -1.15. The molecule has 0 unspecified atom stereocenters. The largest absolute Gasteiger partial charge is 0.493 e. The van der Waals surface area contributed by atoms with Crippen LogP contribution in [0.4, 0.5) is 5.69 Å². The van der Waals surface area contributed by atoms with Gasteiger partial charge in [-0.3, -0.25) is 9.59 Å². The van der Waals surface area contributed by atoms with Gasteiger partial charge in [-0.2, -0.15) is 0 Å². The van der Waals surface area contributed by atoms with Crippen molar-refractivity contribution in [1.82, 2.24) is 0 Å². The highest BCUT2D eigenvalue weighted by Gasteiger charge is 2.26. The van der Waals surface area contributed by atoms with Crippen molar-refractivity contribution in [3.8, 4) is 11.5 Å². The number of carbonyl (C=O) groups excluding carboxylic acids is 3. The second-order valence-corrected chi connectivity index (χ2v) is 5.81. The lowest BCUT2D eigenvalue weighted by atomic mass is 10.1. The average Bonchev–Trinajstić information content (AvgIpc) is 2.68. The molecule has 8 heteroatoms. The van der Waals surface area contributed by atoms with Crippen molar-refractivity contribution < 1.29 is 28.6 Å². The van der Waals surface area contributed by atoms with E-state index in [9.17, 15) is 14.4 Å². The lowest BCUT2D eigenvalue weighted by molar-refractivity contribution is -0.123. The Morgan fingerprint density at radius 3 is 2.41 bits per heavy atom. The Labute approximate surface area is 161 Å². The van der Waals surface area contributed by atoms with Gasteiger partial charge in [0.1, 0.15) is 5.56 Å². The second-order valence-electron chi connectivity index (χ2n) is 5.40. The van der Waals surface area contributed by atoms with Crippen LogP contribution in [0, 0.1) is 0 Å². The first-order valence-electron chi connectivity index (χ1n) is 7.89. The predicted molar refractivity (Wildman–Crippen MR) is 99.9 cm³/mol. The molecule has 2 aromatic rings. The van der Waals surface area contributed by atoms with E-state index in [1.165, 1.54) is 33.3 Å². The van der Waals surface area contributed by atoms with Crippen molar-refractivity contribution in [2.75, 3.05) is 19.5 Å². The number of benzene rings is 2. The maximum absolute atomic E-state index is 12.6. The Morgan fingerprint density at radius 1 is 1.11 bits per heavy atom. The summed E-state index contributed by atoms with van der Waals surface area (Å²) >= 11 is 6.00. The van der Waals surface area contributed by atoms with E-state index in [-0.39, 0.29) is 22.6 Å². The average molecular weight is 392 g/mol. The summed E-state index contributed by atoms with van der Waals surface area (Å²) in [7, 11) is 2.73. The van der Waals surface area contributed by atoms with Crippen LogP contribution in [-0.4, -0.2) is 38.5 Å². The zero-order valence-corrected chi connectivity index (χ0v) is 15.7. The van der Waals surface area contributed by atoms with E-state index in [4.69, 9.17) is 25.8 Å². The molecule has 2 aromatic carbocycles. The topological polar surface area (TPSA) is 90.9 Å². The van der Waals surface area contributed by atoms with Crippen molar-refractivity contribution in [3.63, 3.8) is 0 Å². The maximum atomic E-state index is 12.6. The molecule has 27 heavy (non-hydrogen) atoms. The van der Waals surface area contributed by atoms with Gasteiger partial charge in [-0.25, -0.2) is 4.79 Å². The SMILES string of the molecule is COc1ccc(C=O)c(C(=O)O[C@H](C)C(=O)Nc2ccccc2Cl)c1OC. The highest BCUT2D eigenvalue weighted by atomic mass is 35.5. The number of amides is 1. The number of halogens is 1. The Balaban J connectivity index is 2.22. The number of anilines is 1. The summed E-state index contributed by atoms with van der Waals surface area (Å²) < 4.78 is 15.5. The summed E-state index contributed by atoms with van der Waals surface area (Å²) in [6, 6.07) is 9.55. The number of ether oxygens (including phenoxy) is 3. The standard InChI is InChI=1S/C19H18ClNO6/c1-11(18(23)21-14-7-5-4-6-13(14)20)27-19(24)16-12(10-22)8-9-15(25-2)17(16)26-3/h4-11H,1-3H3,(H,21,23)/t11-/m1/s1. The number of rotatable bonds is 7. The van der Waals surface area contributed by atoms with E-state index >= 15 is 0 Å². The molecule has 1 N–H and O–H groups in total. The molecule has 1 atom stereocenters. The van der Waals surface area contributed by atoms with E-state index in [1.54, 1.807) is 24.3 Å². The zero-order valence-electron chi connectivity index (χ0n) is 14.9. The zero-order chi connectivity index (χ0) is 20.0. The first kappa shape index (κ1) is 20.3. The second kappa shape index (κ2) is 9.05. The number of esters is 1. The van der Waals surface area contributed by atoms with Gasteiger partial charge in [0.05, 0.1) is 24.9 Å². The lowest BCUT2D eigenvalue weighted by Crippen LogP contribution is -2.30. The van der Waals surface area contributed by atoms with Gasteiger partial charge >= 0.3 is 5.97 Å². The molecule has 0 aliphatic heterocycles. The number of aldehydes is 1. The molecule has 0 aromatic heterocycles. The molecule has 0 aliphatic rings. The van der Waals surface area contributed by atoms with Crippen molar-refractivity contribution in [2.45, 2.75) is 13.0 Å². The summed E-state index contributed by atoms with van der Waals surface area (Å²) in [4.78, 5) is 36.2. The van der Waals surface area contributed by atoms with Crippen molar-refractivity contribution in [2.24, 2.45) is 0 Å². The van der Waals surface area contributed by atoms with Crippen LogP contribution in [0.1, 0.15) is 27.6 Å². The van der Waals surface area contributed by atoms with E-state index in [0.717, 1.165) is 0 Å². The molecule has 2 rings (SSSR count). The van der Waals surface area contributed by atoms with Gasteiger partial charge in [-0.15, -0.1) is 0 Å². The third kappa shape index (κ3) is 4.57. The van der Waals surface area contributed by atoms with Crippen LogP contribution in [0.5, 0.6) is 11.5 Å². The fourth-order valence-corrected chi connectivity index (χ4v) is 2.50. The monoisotopic (exact) mass is 391 g/mol. The van der Waals surface area contributed by atoms with Crippen LogP contribution in [0.15, 0.2) is 36.4 Å². The smallest absolute Gasteiger partial charge is 0.343 e. The minimum absolute atomic E-state index is 0.0470. The van der Waals surface area contributed by atoms with Gasteiger partial charge in [0, 0.05) is 5.56 Å². The highest BCUT2D eigenvalue weighted by molar-refractivity contribution is 6.33. The highest BCUT2D eigenvalue weighted by Crippen LogP contribution is 2.33. The van der Waals surface area contributed by atoms with Crippen LogP contribution in [-0.2, 0) is 9.53 Å². The number of para-hydroxylation sites is 1. The minimum Gasteiger partial charge on any atom is -0.493 e. The maximum Gasteiger partial charge on any atom is 0.343 e. The van der Waals surface area contributed by atoms with Crippen molar-refractivity contribution >= 4 is 35.5 Å². The summed E-state index contributed by atoms with van der Waals surface area (Å²) in [5, 5.41) is 2.92. The van der Waals surface area contributed by atoms with Gasteiger partial charge in [0.25, 0.3) is 5.91 Å². The van der Waals surface area contributed by atoms with Crippen molar-refractivity contribution in [1.29, 1.82) is 0 Å². The first-order valence-corrected chi connectivity index (χ1v) is 8.27. The van der Waals surface area contributed by atoms with Gasteiger partial charge in [-0.05, 0) is 31.2 Å². The summed E-state index contributed by atoms with van der Waals surface area (Å²) in [6.45, 7) is 1.40. The molecule has 0 heterocycles. The molecule has 0 saturated carbocycles. The molecule has 0 spiro atoms. The number of hydrogen-bond acceptors (Lipinski definition) is 6. The number of carbonyl (C=O) groups is 3. The molecular weight excluding hydrogens is 374 g/mol. The molecule has 142 valence electrons. The van der Waals surface area contributed by atoms with Crippen LogP contribution >= 0.6 is 11.6 Å². The summed E-state index contributed by atoms with van der Waals surface area (Å²) in [5.74, 6) is -1.17. The van der Waals surface area contributed by atoms with Gasteiger partial charge in [-0.1, -0.05) is 23.7 Å². The predicted octanol–water partition coefficient (Wildman–Crippen LogP) is 3.35. The molecule has 7 nitrogen and oxygen atoms in total. The normalized spacial score (nSPS) is 11.3. The fraction of sp³-hybridized carbons (Fsp3) is 0.211. The van der Waals surface area contributed by atoms with Gasteiger partial charge in [0.15, 0.2) is 23.9 Å². The van der Waals surface area contributed by atoms with Gasteiger partial charge < -0.3 is 19.5 Å². The van der Waals surface area contributed by atoms with Crippen LogP contribution < -0.4 is 14.8 Å². The molecule has 0 bridgehead atoms. The van der Waals surface area contributed by atoms with E-state index in [0.29, 0.717) is 17.0 Å². The van der Waals surface area contributed by atoms with Crippen molar-refractivity contribution in [3.05, 3.63) is 52.5 Å². The summed E-state index contributed by atoms with van der Waals surface area (Å²) in [5.41, 5.74) is 0.320. The van der Waals surface area contributed by atoms with Crippen LogP contribution in [0.3, 0.4) is 0 Å². The van der Waals surface area contributed by atoms with E-state index < -0.39 is 18.0 Å². The number of hydrogen-bond donors (Lipinski definition) is 1. The molecular formula is C19H18ClNO6.